The first kappa shape index (κ1) is 15.7. The molecule has 4 N–H and O–H groups in total. The molecule has 2 atom stereocenters. The number of aliphatic hydroxyl groups excluding tert-OH is 1. The van der Waals surface area contributed by atoms with Crippen molar-refractivity contribution in [2.24, 2.45) is 5.92 Å². The van der Waals surface area contributed by atoms with Crippen LogP contribution in [0.1, 0.15) is 26.2 Å². The zero-order valence-corrected chi connectivity index (χ0v) is 11.1. The molecule has 0 aromatic carbocycles. The van der Waals surface area contributed by atoms with Crippen LogP contribution >= 0.6 is 0 Å². The van der Waals surface area contributed by atoms with E-state index in [0.717, 1.165) is 12.5 Å². The molecule has 1 fully saturated rings. The maximum absolute atomic E-state index is 11.4. The minimum atomic E-state index is -1.30. The molecular formula is C12H22N2O5. The van der Waals surface area contributed by atoms with Crippen LogP contribution in [-0.4, -0.2) is 54.1 Å². The molecule has 0 spiro atoms. The molecule has 19 heavy (non-hydrogen) atoms. The second-order valence-electron chi connectivity index (χ2n) is 4.83. The minimum absolute atomic E-state index is 0.405. The highest BCUT2D eigenvalue weighted by Gasteiger charge is 2.24. The predicted octanol–water partition coefficient (Wildman–Crippen LogP) is -0.0637. The fraction of sp³-hybridized carbons (Fsp3) is 0.833. The number of urea groups is 1. The van der Waals surface area contributed by atoms with Crippen LogP contribution < -0.4 is 10.6 Å². The molecule has 1 aliphatic carbocycles. The molecule has 0 heterocycles. The van der Waals surface area contributed by atoms with E-state index in [-0.39, 0.29) is 0 Å². The number of aliphatic hydroxyl groups is 1. The smallest absolute Gasteiger partial charge is 0.328 e. The van der Waals surface area contributed by atoms with Gasteiger partial charge in [-0.15, -0.1) is 0 Å². The Labute approximate surface area is 112 Å². The molecule has 0 bridgehead atoms. The molecular weight excluding hydrogens is 252 g/mol. The number of hydrogen-bond donors (Lipinski definition) is 4. The van der Waals surface area contributed by atoms with Crippen LogP contribution in [0.2, 0.25) is 0 Å². The van der Waals surface area contributed by atoms with Crippen LogP contribution in [0.15, 0.2) is 0 Å². The van der Waals surface area contributed by atoms with Crippen LogP contribution in [0.4, 0.5) is 4.79 Å². The first-order valence-corrected chi connectivity index (χ1v) is 6.53. The molecule has 0 radical (unpaired) electrons. The summed E-state index contributed by atoms with van der Waals surface area (Å²) in [5.41, 5.74) is 0. The van der Waals surface area contributed by atoms with Gasteiger partial charge < -0.3 is 25.6 Å². The summed E-state index contributed by atoms with van der Waals surface area (Å²) in [6, 6.07) is -1.90. The predicted molar refractivity (Wildman–Crippen MR) is 67.8 cm³/mol. The van der Waals surface area contributed by atoms with Gasteiger partial charge in [-0.1, -0.05) is 0 Å². The van der Waals surface area contributed by atoms with E-state index in [2.05, 4.69) is 10.6 Å². The van der Waals surface area contributed by atoms with E-state index in [0.29, 0.717) is 19.6 Å². The zero-order valence-electron chi connectivity index (χ0n) is 11.1. The lowest BCUT2D eigenvalue weighted by Crippen LogP contribution is -2.51. The summed E-state index contributed by atoms with van der Waals surface area (Å²) in [4.78, 5) is 22.1. The molecule has 1 saturated carbocycles. The summed E-state index contributed by atoms with van der Waals surface area (Å²) in [5, 5.41) is 22.7. The van der Waals surface area contributed by atoms with E-state index in [1.807, 2.05) is 0 Å². The first-order valence-electron chi connectivity index (χ1n) is 6.53. The summed E-state index contributed by atoms with van der Waals surface area (Å²) in [5.74, 6) is -0.545. The van der Waals surface area contributed by atoms with E-state index in [1.165, 1.54) is 19.8 Å². The maximum Gasteiger partial charge on any atom is 0.328 e. The number of carbonyl (C=O) groups is 2. The Balaban J connectivity index is 2.03. The van der Waals surface area contributed by atoms with Gasteiger partial charge >= 0.3 is 12.0 Å². The number of rotatable bonds is 9. The number of carboxylic acids is 1. The third-order valence-corrected chi connectivity index (χ3v) is 2.84. The standard InChI is InChI=1S/C12H22N2O5/c1-8(15)10(11(16)17)14-12(18)13-5-2-6-19-7-9-3-4-9/h8-10,15H,2-7H2,1H3,(H,16,17)(H2,13,14,18)/t8-,10+/m1/s1. The number of carboxylic acid groups (broad SMARTS) is 1. The van der Waals surface area contributed by atoms with Gasteiger partial charge in [0.2, 0.25) is 0 Å². The average Bonchev–Trinajstić information content (AvgIpc) is 3.13. The normalized spacial score (nSPS) is 17.6. The van der Waals surface area contributed by atoms with Crippen molar-refractivity contribution < 1.29 is 24.5 Å². The summed E-state index contributed by atoms with van der Waals surface area (Å²) in [7, 11) is 0. The molecule has 1 rings (SSSR count). The molecule has 7 heteroatoms. The van der Waals surface area contributed by atoms with Crippen LogP contribution in [-0.2, 0) is 9.53 Å². The lowest BCUT2D eigenvalue weighted by molar-refractivity contribution is -0.141. The summed E-state index contributed by atoms with van der Waals surface area (Å²) in [6.45, 7) is 3.08. The van der Waals surface area contributed by atoms with Crippen LogP contribution in [0.25, 0.3) is 0 Å². The molecule has 2 amide bonds. The number of nitrogens with one attached hydrogen (secondary N) is 2. The number of ether oxygens (including phenoxy) is 1. The van der Waals surface area contributed by atoms with Gasteiger partial charge in [-0.2, -0.15) is 0 Å². The van der Waals surface area contributed by atoms with Crippen molar-refractivity contribution in [3.05, 3.63) is 0 Å². The van der Waals surface area contributed by atoms with Gasteiger partial charge in [0.15, 0.2) is 6.04 Å². The number of aliphatic carboxylic acids is 1. The average molecular weight is 274 g/mol. The van der Waals surface area contributed by atoms with Crippen LogP contribution in [0, 0.1) is 5.92 Å². The van der Waals surface area contributed by atoms with Crippen molar-refractivity contribution in [1.82, 2.24) is 10.6 Å². The number of amides is 2. The van der Waals surface area contributed by atoms with E-state index in [1.54, 1.807) is 0 Å². The molecule has 0 aromatic heterocycles. The van der Waals surface area contributed by atoms with Gasteiger partial charge in [0.05, 0.1) is 6.10 Å². The Morgan fingerprint density at radius 1 is 1.42 bits per heavy atom. The SMILES string of the molecule is C[C@@H](O)[C@H](NC(=O)NCCCOCC1CC1)C(=O)O. The number of hydrogen-bond acceptors (Lipinski definition) is 4. The summed E-state index contributed by atoms with van der Waals surface area (Å²) >= 11 is 0. The minimum Gasteiger partial charge on any atom is -0.480 e. The maximum atomic E-state index is 11.4. The van der Waals surface area contributed by atoms with Gasteiger partial charge in [0, 0.05) is 19.8 Å². The third-order valence-electron chi connectivity index (χ3n) is 2.84. The molecule has 0 saturated heterocycles. The second kappa shape index (κ2) is 7.96. The van der Waals surface area contributed by atoms with E-state index in [9.17, 15) is 14.7 Å². The van der Waals surface area contributed by atoms with Gasteiger partial charge in [-0.25, -0.2) is 9.59 Å². The summed E-state index contributed by atoms with van der Waals surface area (Å²) < 4.78 is 5.39. The molecule has 110 valence electrons. The Hall–Kier alpha value is -1.34. The Morgan fingerprint density at radius 3 is 2.63 bits per heavy atom. The monoisotopic (exact) mass is 274 g/mol. The van der Waals surface area contributed by atoms with Crippen molar-refractivity contribution in [3.63, 3.8) is 0 Å². The van der Waals surface area contributed by atoms with Gasteiger partial charge in [-0.05, 0) is 32.1 Å². The molecule has 0 aliphatic heterocycles. The van der Waals surface area contributed by atoms with E-state index in [4.69, 9.17) is 9.84 Å². The van der Waals surface area contributed by atoms with Crippen molar-refractivity contribution in [2.45, 2.75) is 38.3 Å². The van der Waals surface area contributed by atoms with Crippen molar-refractivity contribution in [2.75, 3.05) is 19.8 Å². The van der Waals surface area contributed by atoms with Gasteiger partial charge in [0.25, 0.3) is 0 Å². The Morgan fingerprint density at radius 2 is 2.11 bits per heavy atom. The highest BCUT2D eigenvalue weighted by Crippen LogP contribution is 2.28. The summed E-state index contributed by atoms with van der Waals surface area (Å²) in [6.07, 6.45) is 2.02. The van der Waals surface area contributed by atoms with E-state index < -0.39 is 24.1 Å². The van der Waals surface area contributed by atoms with Crippen molar-refractivity contribution >= 4 is 12.0 Å². The molecule has 7 nitrogen and oxygen atoms in total. The fourth-order valence-electron chi connectivity index (χ4n) is 1.49. The first-order chi connectivity index (χ1) is 9.00. The molecule has 0 unspecified atom stereocenters. The highest BCUT2D eigenvalue weighted by atomic mass is 16.5. The third kappa shape index (κ3) is 6.97. The molecule has 0 aromatic rings. The lowest BCUT2D eigenvalue weighted by atomic mass is 10.2. The largest absolute Gasteiger partial charge is 0.480 e. The van der Waals surface area contributed by atoms with E-state index >= 15 is 0 Å². The van der Waals surface area contributed by atoms with Gasteiger partial charge in [-0.3, -0.25) is 0 Å². The zero-order chi connectivity index (χ0) is 14.3. The quantitative estimate of drug-likeness (QED) is 0.440. The van der Waals surface area contributed by atoms with Crippen LogP contribution in [0.3, 0.4) is 0 Å². The second-order valence-corrected chi connectivity index (χ2v) is 4.83. The van der Waals surface area contributed by atoms with Crippen LogP contribution in [0.5, 0.6) is 0 Å². The Bertz CT molecular complexity index is 304. The van der Waals surface area contributed by atoms with Crippen molar-refractivity contribution in [1.29, 1.82) is 0 Å². The Kier molecular flexibility index (Phi) is 6.58. The fourth-order valence-corrected chi connectivity index (χ4v) is 1.49. The highest BCUT2D eigenvalue weighted by molar-refractivity contribution is 5.82. The lowest BCUT2D eigenvalue weighted by Gasteiger charge is -2.17. The van der Waals surface area contributed by atoms with Crippen molar-refractivity contribution in [3.8, 4) is 0 Å². The number of carbonyl (C=O) groups excluding carboxylic acids is 1. The van der Waals surface area contributed by atoms with Gasteiger partial charge in [0.1, 0.15) is 0 Å². The molecule has 1 aliphatic rings. The topological polar surface area (TPSA) is 108 Å².